The molecule has 0 aromatic heterocycles. The second kappa shape index (κ2) is 5.57. The van der Waals surface area contributed by atoms with Gasteiger partial charge >= 0.3 is 0 Å². The number of hydrogen-bond donors (Lipinski definition) is 1. The molecule has 0 spiro atoms. The predicted octanol–water partition coefficient (Wildman–Crippen LogP) is 1.39. The zero-order valence-electron chi connectivity index (χ0n) is 11.7. The van der Waals surface area contributed by atoms with Crippen LogP contribution in [0.1, 0.15) is 39.5 Å². The lowest BCUT2D eigenvalue weighted by Gasteiger charge is -2.40. The summed E-state index contributed by atoms with van der Waals surface area (Å²) in [4.78, 5) is 15.0. The van der Waals surface area contributed by atoms with Crippen LogP contribution in [0.3, 0.4) is 0 Å². The molecular formula is C14H26N2O2. The van der Waals surface area contributed by atoms with Crippen LogP contribution in [0.5, 0.6) is 0 Å². The summed E-state index contributed by atoms with van der Waals surface area (Å²) in [5, 5.41) is 0. The molecule has 0 bridgehead atoms. The van der Waals surface area contributed by atoms with Crippen LogP contribution in [0.2, 0.25) is 0 Å². The Labute approximate surface area is 110 Å². The third-order valence-corrected chi connectivity index (χ3v) is 4.62. The number of rotatable bonds is 3. The van der Waals surface area contributed by atoms with E-state index in [-0.39, 0.29) is 11.3 Å². The molecule has 2 heterocycles. The fourth-order valence-corrected chi connectivity index (χ4v) is 3.31. The van der Waals surface area contributed by atoms with Crippen molar-refractivity contribution in [3.63, 3.8) is 0 Å². The Hall–Kier alpha value is -0.610. The minimum Gasteiger partial charge on any atom is -0.381 e. The van der Waals surface area contributed by atoms with Gasteiger partial charge in [0.05, 0.1) is 5.41 Å². The number of nitrogens with zero attached hydrogens (tertiary/aromatic N) is 1. The Morgan fingerprint density at radius 2 is 2.11 bits per heavy atom. The van der Waals surface area contributed by atoms with Crippen molar-refractivity contribution in [1.82, 2.24) is 4.90 Å². The van der Waals surface area contributed by atoms with E-state index in [0.717, 1.165) is 32.2 Å². The average molecular weight is 254 g/mol. The summed E-state index contributed by atoms with van der Waals surface area (Å²) in [5.41, 5.74) is 5.57. The quantitative estimate of drug-likeness (QED) is 0.828. The van der Waals surface area contributed by atoms with Crippen LogP contribution in [0.15, 0.2) is 0 Å². The number of amides is 1. The van der Waals surface area contributed by atoms with E-state index in [1.54, 1.807) is 0 Å². The van der Waals surface area contributed by atoms with Crippen molar-refractivity contribution < 1.29 is 9.53 Å². The molecule has 0 aromatic rings. The maximum atomic E-state index is 12.9. The fourth-order valence-electron chi connectivity index (χ4n) is 3.31. The van der Waals surface area contributed by atoms with Crippen LogP contribution >= 0.6 is 0 Å². The monoisotopic (exact) mass is 254 g/mol. The van der Waals surface area contributed by atoms with Gasteiger partial charge in [-0.05, 0) is 31.6 Å². The van der Waals surface area contributed by atoms with Gasteiger partial charge in [0.15, 0.2) is 0 Å². The van der Waals surface area contributed by atoms with Crippen LogP contribution in [0.25, 0.3) is 0 Å². The molecule has 2 rings (SSSR count). The molecule has 4 heteroatoms. The smallest absolute Gasteiger partial charge is 0.230 e. The van der Waals surface area contributed by atoms with Gasteiger partial charge in [0.1, 0.15) is 0 Å². The Kier molecular flexibility index (Phi) is 4.28. The molecule has 0 aromatic carbocycles. The minimum atomic E-state index is -0.351. The second-order valence-electron chi connectivity index (χ2n) is 6.05. The zero-order chi connectivity index (χ0) is 13.2. The van der Waals surface area contributed by atoms with Crippen molar-refractivity contribution in [3.05, 3.63) is 0 Å². The fraction of sp³-hybridized carbons (Fsp3) is 0.929. The summed E-state index contributed by atoms with van der Waals surface area (Å²) >= 11 is 0. The molecule has 2 saturated heterocycles. The molecule has 2 fully saturated rings. The van der Waals surface area contributed by atoms with Crippen molar-refractivity contribution >= 4 is 5.91 Å². The molecule has 0 aliphatic carbocycles. The molecule has 1 amide bonds. The van der Waals surface area contributed by atoms with Crippen molar-refractivity contribution in [2.24, 2.45) is 17.1 Å². The van der Waals surface area contributed by atoms with Crippen LogP contribution in [-0.2, 0) is 9.53 Å². The first-order valence-electron chi connectivity index (χ1n) is 7.19. The number of carbonyl (C=O) groups is 1. The largest absolute Gasteiger partial charge is 0.381 e. The summed E-state index contributed by atoms with van der Waals surface area (Å²) in [7, 11) is 0. The van der Waals surface area contributed by atoms with Gasteiger partial charge in [0, 0.05) is 32.3 Å². The van der Waals surface area contributed by atoms with Gasteiger partial charge in [-0.25, -0.2) is 0 Å². The maximum Gasteiger partial charge on any atom is 0.230 e. The van der Waals surface area contributed by atoms with Gasteiger partial charge in [-0.3, -0.25) is 4.79 Å². The number of nitrogens with two attached hydrogens (primary N) is 1. The number of carbonyl (C=O) groups excluding carboxylic acids is 1. The summed E-state index contributed by atoms with van der Waals surface area (Å²) < 4.78 is 5.39. The third kappa shape index (κ3) is 2.41. The standard InChI is InChI=1S/C14H26N2O2/c1-11(2)12-4-3-7-16(12)13(17)14(10-15)5-8-18-9-6-14/h11-12H,3-10,15H2,1-2H3. The molecule has 4 nitrogen and oxygen atoms in total. The van der Waals surface area contributed by atoms with Crippen LogP contribution in [0, 0.1) is 11.3 Å². The molecule has 1 unspecified atom stereocenters. The van der Waals surface area contributed by atoms with Gasteiger partial charge in [-0.15, -0.1) is 0 Å². The second-order valence-corrected chi connectivity index (χ2v) is 6.05. The van der Waals surface area contributed by atoms with Crippen LogP contribution in [-0.4, -0.2) is 43.2 Å². The van der Waals surface area contributed by atoms with Crippen molar-refractivity contribution in [1.29, 1.82) is 0 Å². The first-order valence-corrected chi connectivity index (χ1v) is 7.19. The first kappa shape index (κ1) is 13.8. The van der Waals surface area contributed by atoms with Gasteiger partial charge in [0.2, 0.25) is 5.91 Å². The van der Waals surface area contributed by atoms with E-state index in [2.05, 4.69) is 18.7 Å². The molecule has 18 heavy (non-hydrogen) atoms. The lowest BCUT2D eigenvalue weighted by molar-refractivity contribution is -0.148. The van der Waals surface area contributed by atoms with Gasteiger partial charge in [-0.1, -0.05) is 13.8 Å². The Bertz CT molecular complexity index is 298. The topological polar surface area (TPSA) is 55.6 Å². The highest BCUT2D eigenvalue weighted by molar-refractivity contribution is 5.83. The van der Waals surface area contributed by atoms with E-state index in [1.807, 2.05) is 0 Å². The summed E-state index contributed by atoms with van der Waals surface area (Å²) in [6.45, 7) is 7.11. The Morgan fingerprint density at radius 3 is 2.67 bits per heavy atom. The molecule has 0 radical (unpaired) electrons. The Morgan fingerprint density at radius 1 is 1.44 bits per heavy atom. The van der Waals surface area contributed by atoms with Crippen molar-refractivity contribution in [2.75, 3.05) is 26.3 Å². The summed E-state index contributed by atoms with van der Waals surface area (Å²) in [6.07, 6.45) is 3.83. The van der Waals surface area contributed by atoms with E-state index in [9.17, 15) is 4.79 Å². The third-order valence-electron chi connectivity index (χ3n) is 4.62. The van der Waals surface area contributed by atoms with Crippen LogP contribution < -0.4 is 5.73 Å². The summed E-state index contributed by atoms with van der Waals surface area (Å²) in [6, 6.07) is 0.406. The van der Waals surface area contributed by atoms with Crippen LogP contribution in [0.4, 0.5) is 0 Å². The molecule has 2 aliphatic heterocycles. The number of hydrogen-bond acceptors (Lipinski definition) is 3. The van der Waals surface area contributed by atoms with E-state index >= 15 is 0 Å². The lowest BCUT2D eigenvalue weighted by Crippen LogP contribution is -2.53. The average Bonchev–Trinajstić information content (AvgIpc) is 2.88. The zero-order valence-corrected chi connectivity index (χ0v) is 11.7. The van der Waals surface area contributed by atoms with E-state index in [4.69, 9.17) is 10.5 Å². The van der Waals surface area contributed by atoms with Gasteiger partial charge in [0.25, 0.3) is 0 Å². The maximum absolute atomic E-state index is 12.9. The SMILES string of the molecule is CC(C)C1CCCN1C(=O)C1(CN)CCOCC1. The van der Waals surface area contributed by atoms with Crippen molar-refractivity contribution in [2.45, 2.75) is 45.6 Å². The predicted molar refractivity (Wildman–Crippen MR) is 71.1 cm³/mol. The van der Waals surface area contributed by atoms with Gasteiger partial charge in [-0.2, -0.15) is 0 Å². The lowest BCUT2D eigenvalue weighted by atomic mass is 9.78. The van der Waals surface area contributed by atoms with Crippen molar-refractivity contribution in [3.8, 4) is 0 Å². The highest BCUT2D eigenvalue weighted by Crippen LogP contribution is 2.35. The molecular weight excluding hydrogens is 228 g/mol. The summed E-state index contributed by atoms with van der Waals surface area (Å²) in [5.74, 6) is 0.815. The van der Waals surface area contributed by atoms with E-state index in [0.29, 0.717) is 31.7 Å². The Balaban J connectivity index is 2.13. The minimum absolute atomic E-state index is 0.282. The highest BCUT2D eigenvalue weighted by atomic mass is 16.5. The van der Waals surface area contributed by atoms with E-state index in [1.165, 1.54) is 0 Å². The molecule has 1 atom stereocenters. The number of ether oxygens (including phenoxy) is 1. The van der Waals surface area contributed by atoms with Gasteiger partial charge < -0.3 is 15.4 Å². The molecule has 104 valence electrons. The van der Waals surface area contributed by atoms with E-state index < -0.39 is 0 Å². The highest BCUT2D eigenvalue weighted by Gasteiger charge is 2.44. The number of likely N-dealkylation sites (tertiary alicyclic amines) is 1. The molecule has 2 aliphatic rings. The molecule has 2 N–H and O–H groups in total. The first-order chi connectivity index (χ1) is 8.60. The molecule has 0 saturated carbocycles. The normalized spacial score (nSPS) is 27.8.